The maximum Gasteiger partial charge on any atom is 0.425 e. The Morgan fingerprint density at radius 3 is 2.68 bits per heavy atom. The zero-order valence-corrected chi connectivity index (χ0v) is 19.8. The van der Waals surface area contributed by atoms with Gasteiger partial charge in [0.1, 0.15) is 12.8 Å². The number of Topliss-reactive ketones (excluding diaryl/α,β-unsaturated/α-hetero) is 1. The average Bonchev–Trinajstić information content (AvgIpc) is 2.80. The van der Waals surface area contributed by atoms with Crippen LogP contribution in [0.4, 0.5) is 13.2 Å². The first-order chi connectivity index (χ1) is 16.2. The lowest BCUT2D eigenvalue weighted by Gasteiger charge is -2.23. The number of aromatic nitrogens is 2. The van der Waals surface area contributed by atoms with Crippen LogP contribution in [-0.4, -0.2) is 40.9 Å². The van der Waals surface area contributed by atoms with Gasteiger partial charge in [-0.1, -0.05) is 35.3 Å². The van der Waals surface area contributed by atoms with E-state index in [-0.39, 0.29) is 35.4 Å². The number of halogens is 4. The van der Waals surface area contributed by atoms with Crippen molar-refractivity contribution < 1.29 is 27.5 Å². The van der Waals surface area contributed by atoms with Gasteiger partial charge in [-0.05, 0) is 51.2 Å². The van der Waals surface area contributed by atoms with Gasteiger partial charge in [-0.3, -0.25) is 4.79 Å². The Kier molecular flexibility index (Phi) is 8.88. The Balaban J connectivity index is 1.76. The van der Waals surface area contributed by atoms with E-state index in [4.69, 9.17) is 21.2 Å². The first-order valence-electron chi connectivity index (χ1n) is 11.2. The van der Waals surface area contributed by atoms with Crippen molar-refractivity contribution in [3.8, 4) is 17.0 Å². The van der Waals surface area contributed by atoms with E-state index in [9.17, 15) is 18.0 Å². The summed E-state index contributed by atoms with van der Waals surface area (Å²) >= 11 is 5.93. The van der Waals surface area contributed by atoms with Crippen molar-refractivity contribution >= 4 is 23.1 Å². The minimum atomic E-state index is -4.56. The summed E-state index contributed by atoms with van der Waals surface area (Å²) in [5, 5.41) is 4.58. The molecule has 34 heavy (non-hydrogen) atoms. The first kappa shape index (κ1) is 25.9. The highest BCUT2D eigenvalue weighted by Crippen LogP contribution is 2.33. The van der Waals surface area contributed by atoms with Crippen LogP contribution in [0.5, 0.6) is 5.75 Å². The molecule has 0 unspecified atom stereocenters. The quantitative estimate of drug-likeness (QED) is 0.285. The Hall–Kier alpha value is -2.68. The van der Waals surface area contributed by atoms with Crippen LogP contribution in [0.1, 0.15) is 62.5 Å². The van der Waals surface area contributed by atoms with E-state index in [1.807, 2.05) is 0 Å². The Labute approximate surface area is 201 Å². The highest BCUT2D eigenvalue weighted by molar-refractivity contribution is 6.30. The number of ether oxygens (including phenoxy) is 1. The Bertz CT molecular complexity index is 1010. The predicted octanol–water partition coefficient (Wildman–Crippen LogP) is 6.67. The maximum atomic E-state index is 13.0. The third-order valence-corrected chi connectivity index (χ3v) is 6.01. The molecule has 1 aliphatic carbocycles. The molecule has 1 aliphatic rings. The molecule has 2 aromatic rings. The van der Waals surface area contributed by atoms with E-state index in [2.05, 4.69) is 15.1 Å². The predicted molar refractivity (Wildman–Crippen MR) is 123 cm³/mol. The minimum Gasteiger partial charge on any atom is -0.477 e. The number of carbonyl (C=O) groups is 1. The van der Waals surface area contributed by atoms with Gasteiger partial charge in [0.15, 0.2) is 23.5 Å². The van der Waals surface area contributed by atoms with Crippen molar-refractivity contribution in [2.24, 2.45) is 11.1 Å². The lowest BCUT2D eigenvalue weighted by Crippen LogP contribution is -2.31. The highest BCUT2D eigenvalue weighted by atomic mass is 35.5. The van der Waals surface area contributed by atoms with Gasteiger partial charge in [0.25, 0.3) is 0 Å². The number of hydrogen-bond donors (Lipinski definition) is 0. The number of oxime groups is 1. The third-order valence-electron chi connectivity index (χ3n) is 5.76. The van der Waals surface area contributed by atoms with Gasteiger partial charge in [0.05, 0.1) is 11.9 Å². The standard InChI is InChI=1S/C24H27ClF3N3O3/c1-15(24(26,27)28)34-21-14-29-23(30-22(21)17-10-12-18(25)13-11-17)20(32)9-5-7-16-6-3-4-8-19(16)31-33-2/h10-16H,3-9H2,1-2H3/b31-19+/t15-,16+/m0/s1. The zero-order valence-electron chi connectivity index (χ0n) is 19.1. The summed E-state index contributed by atoms with van der Waals surface area (Å²) in [4.78, 5) is 26.0. The molecule has 0 spiro atoms. The van der Waals surface area contributed by atoms with Gasteiger partial charge in [-0.15, -0.1) is 0 Å². The summed E-state index contributed by atoms with van der Waals surface area (Å²) in [5.74, 6) is -0.226. The van der Waals surface area contributed by atoms with Crippen molar-refractivity contribution in [1.82, 2.24) is 9.97 Å². The van der Waals surface area contributed by atoms with E-state index in [0.29, 0.717) is 17.0 Å². The molecular weight excluding hydrogens is 471 g/mol. The maximum absolute atomic E-state index is 13.0. The molecule has 1 saturated carbocycles. The zero-order chi connectivity index (χ0) is 24.7. The van der Waals surface area contributed by atoms with Crippen molar-refractivity contribution in [2.45, 2.75) is 64.1 Å². The van der Waals surface area contributed by atoms with Gasteiger partial charge in [0.2, 0.25) is 0 Å². The van der Waals surface area contributed by atoms with Crippen molar-refractivity contribution in [3.05, 3.63) is 41.3 Å². The van der Waals surface area contributed by atoms with E-state index in [0.717, 1.165) is 50.9 Å². The second-order valence-electron chi connectivity index (χ2n) is 8.24. The van der Waals surface area contributed by atoms with Crippen LogP contribution < -0.4 is 4.74 Å². The van der Waals surface area contributed by atoms with Gasteiger partial charge < -0.3 is 9.57 Å². The minimum absolute atomic E-state index is 0.0635. The van der Waals surface area contributed by atoms with E-state index >= 15 is 0 Å². The van der Waals surface area contributed by atoms with Gasteiger partial charge >= 0.3 is 6.18 Å². The SMILES string of the molecule is CO/N=C1\CCCC[C@@H]1CCCC(=O)c1ncc(O[C@@H](C)C(F)(F)F)c(-c2ccc(Cl)cc2)n1. The molecule has 6 nitrogen and oxygen atoms in total. The van der Waals surface area contributed by atoms with Crippen molar-refractivity contribution in [1.29, 1.82) is 0 Å². The summed E-state index contributed by atoms with van der Waals surface area (Å²) in [5.41, 5.74) is 1.60. The van der Waals surface area contributed by atoms with Crippen LogP contribution in [-0.2, 0) is 4.84 Å². The van der Waals surface area contributed by atoms with Crippen molar-refractivity contribution in [2.75, 3.05) is 7.11 Å². The summed E-state index contributed by atoms with van der Waals surface area (Å²) in [6.45, 7) is 0.900. The summed E-state index contributed by atoms with van der Waals surface area (Å²) in [6.07, 6.45) is 0.240. The number of carbonyl (C=O) groups excluding carboxylic acids is 1. The molecule has 0 bridgehead atoms. The lowest BCUT2D eigenvalue weighted by molar-refractivity contribution is -0.189. The van der Waals surface area contributed by atoms with Gasteiger partial charge in [-0.2, -0.15) is 13.2 Å². The molecule has 2 atom stereocenters. The number of nitrogens with zero attached hydrogens (tertiary/aromatic N) is 3. The molecule has 1 fully saturated rings. The van der Waals surface area contributed by atoms with E-state index in [1.54, 1.807) is 24.3 Å². The molecule has 1 aromatic heterocycles. The Morgan fingerprint density at radius 2 is 2.00 bits per heavy atom. The lowest BCUT2D eigenvalue weighted by atomic mass is 9.84. The molecule has 3 rings (SSSR count). The molecule has 0 N–H and O–H groups in total. The number of hydrogen-bond acceptors (Lipinski definition) is 6. The topological polar surface area (TPSA) is 73.7 Å². The average molecular weight is 498 g/mol. The molecule has 1 aromatic carbocycles. The fourth-order valence-corrected chi connectivity index (χ4v) is 4.03. The van der Waals surface area contributed by atoms with E-state index < -0.39 is 12.3 Å². The summed E-state index contributed by atoms with van der Waals surface area (Å²) in [7, 11) is 1.53. The van der Waals surface area contributed by atoms with Crippen LogP contribution in [0, 0.1) is 5.92 Å². The smallest absolute Gasteiger partial charge is 0.425 e. The molecule has 10 heteroatoms. The van der Waals surface area contributed by atoms with Crippen LogP contribution >= 0.6 is 11.6 Å². The number of rotatable bonds is 9. The number of benzene rings is 1. The normalized spacial score (nSPS) is 18.5. The molecule has 184 valence electrons. The fourth-order valence-electron chi connectivity index (χ4n) is 3.90. The monoisotopic (exact) mass is 497 g/mol. The van der Waals surface area contributed by atoms with Crippen LogP contribution in [0.3, 0.4) is 0 Å². The highest BCUT2D eigenvalue weighted by Gasteiger charge is 2.38. The molecular formula is C24H27ClF3N3O3. The second-order valence-corrected chi connectivity index (χ2v) is 8.67. The second kappa shape index (κ2) is 11.6. The van der Waals surface area contributed by atoms with E-state index in [1.165, 1.54) is 7.11 Å². The number of ketones is 1. The van der Waals surface area contributed by atoms with Crippen LogP contribution in [0.25, 0.3) is 11.3 Å². The molecule has 0 saturated heterocycles. The van der Waals surface area contributed by atoms with Gasteiger partial charge in [-0.25, -0.2) is 9.97 Å². The summed E-state index contributed by atoms with van der Waals surface area (Å²) in [6, 6.07) is 6.37. The van der Waals surface area contributed by atoms with Crippen molar-refractivity contribution in [3.63, 3.8) is 0 Å². The largest absolute Gasteiger partial charge is 0.477 e. The Morgan fingerprint density at radius 1 is 1.26 bits per heavy atom. The molecule has 0 radical (unpaired) electrons. The van der Waals surface area contributed by atoms with Crippen LogP contribution in [0.15, 0.2) is 35.6 Å². The molecule has 1 heterocycles. The number of alkyl halides is 3. The fraction of sp³-hybridized carbons (Fsp3) is 0.500. The third kappa shape index (κ3) is 6.91. The molecule has 0 amide bonds. The summed E-state index contributed by atoms with van der Waals surface area (Å²) < 4.78 is 44.2. The first-order valence-corrected chi connectivity index (χ1v) is 11.6. The van der Waals surface area contributed by atoms with Crippen LogP contribution in [0.2, 0.25) is 5.02 Å². The van der Waals surface area contributed by atoms with Gasteiger partial charge in [0, 0.05) is 22.9 Å². The molecule has 0 aliphatic heterocycles.